The maximum absolute atomic E-state index is 12.9. The molecule has 0 aliphatic rings. The Morgan fingerprint density at radius 1 is 1.62 bits per heavy atom. The molecule has 0 aliphatic heterocycles. The molecule has 0 atom stereocenters. The maximum Gasteiger partial charge on any atom is 0.295 e. The van der Waals surface area contributed by atoms with Gasteiger partial charge in [0.15, 0.2) is 11.6 Å². The zero-order valence-electron chi connectivity index (χ0n) is 6.78. The minimum atomic E-state index is -0.802. The van der Waals surface area contributed by atoms with Crippen molar-refractivity contribution in [3.05, 3.63) is 28.1 Å². The third-order valence-electron chi connectivity index (χ3n) is 1.50. The minimum absolute atomic E-state index is 0.108. The Bertz CT molecular complexity index is 354. The number of nitro benzene ring substituents is 1. The average molecular weight is 186 g/mol. The fraction of sp³-hybridized carbons (Fsp3) is 0.143. The topological polar surface area (TPSA) is 78.4 Å². The Kier molecular flexibility index (Phi) is 2.32. The molecule has 0 amide bonds. The molecule has 0 saturated carbocycles. The number of nitrogens with two attached hydrogens (primary N) is 1. The Morgan fingerprint density at radius 2 is 2.23 bits per heavy atom. The molecule has 0 saturated heterocycles. The third kappa shape index (κ3) is 1.66. The Morgan fingerprint density at radius 3 is 2.69 bits per heavy atom. The van der Waals surface area contributed by atoms with Crippen LogP contribution in [0.25, 0.3) is 0 Å². The number of benzene rings is 1. The Labute approximate surface area is 73.1 Å². The normalized spacial score (nSPS) is 9.69. The summed E-state index contributed by atoms with van der Waals surface area (Å²) < 4.78 is 17.5. The van der Waals surface area contributed by atoms with Gasteiger partial charge in [-0.15, -0.1) is 0 Å². The number of halogens is 1. The van der Waals surface area contributed by atoms with Crippen molar-refractivity contribution in [2.75, 3.05) is 12.8 Å². The number of nitro groups is 1. The van der Waals surface area contributed by atoms with Crippen LogP contribution < -0.4 is 10.5 Å². The first kappa shape index (κ1) is 9.24. The summed E-state index contributed by atoms with van der Waals surface area (Å²) in [5, 5.41) is 10.3. The standard InChI is InChI=1S/C7H7FN2O3/c1-13-7-3-5(9)6(10(11)12)2-4(7)8/h2-3H,9H2,1H3. The Hall–Kier alpha value is -1.85. The highest BCUT2D eigenvalue weighted by molar-refractivity contribution is 5.61. The predicted octanol–water partition coefficient (Wildman–Crippen LogP) is 1.32. The van der Waals surface area contributed by atoms with E-state index in [2.05, 4.69) is 4.74 Å². The second-order valence-corrected chi connectivity index (χ2v) is 2.30. The van der Waals surface area contributed by atoms with Crippen molar-refractivity contribution in [2.24, 2.45) is 0 Å². The molecule has 6 heteroatoms. The van der Waals surface area contributed by atoms with Gasteiger partial charge in [0, 0.05) is 6.07 Å². The largest absolute Gasteiger partial charge is 0.494 e. The third-order valence-corrected chi connectivity index (χ3v) is 1.50. The number of hydrogen-bond donors (Lipinski definition) is 1. The number of anilines is 1. The zero-order valence-corrected chi connectivity index (χ0v) is 6.78. The molecule has 1 aromatic rings. The van der Waals surface area contributed by atoms with Gasteiger partial charge in [0.2, 0.25) is 0 Å². The number of nitrogen functional groups attached to an aromatic ring is 1. The van der Waals surface area contributed by atoms with Crippen LogP contribution in [-0.2, 0) is 0 Å². The molecule has 0 heterocycles. The van der Waals surface area contributed by atoms with Gasteiger partial charge in [0.05, 0.1) is 18.1 Å². The van der Waals surface area contributed by atoms with Crippen molar-refractivity contribution in [3.63, 3.8) is 0 Å². The number of nitrogens with zero attached hydrogens (tertiary/aromatic N) is 1. The van der Waals surface area contributed by atoms with Gasteiger partial charge in [-0.1, -0.05) is 0 Å². The molecule has 0 aliphatic carbocycles. The molecule has 0 unspecified atom stereocenters. The van der Waals surface area contributed by atoms with Gasteiger partial charge in [0.25, 0.3) is 5.69 Å². The lowest BCUT2D eigenvalue weighted by atomic mass is 10.2. The van der Waals surface area contributed by atoms with E-state index in [1.807, 2.05) is 0 Å². The van der Waals surface area contributed by atoms with E-state index in [9.17, 15) is 14.5 Å². The van der Waals surface area contributed by atoms with E-state index < -0.39 is 16.4 Å². The second kappa shape index (κ2) is 3.26. The van der Waals surface area contributed by atoms with E-state index in [1.54, 1.807) is 0 Å². The van der Waals surface area contributed by atoms with Crippen molar-refractivity contribution in [1.29, 1.82) is 0 Å². The highest BCUT2D eigenvalue weighted by Crippen LogP contribution is 2.28. The second-order valence-electron chi connectivity index (χ2n) is 2.30. The zero-order chi connectivity index (χ0) is 10.0. The lowest BCUT2D eigenvalue weighted by Gasteiger charge is -2.02. The molecule has 0 fully saturated rings. The molecule has 5 nitrogen and oxygen atoms in total. The lowest BCUT2D eigenvalue weighted by molar-refractivity contribution is -0.384. The van der Waals surface area contributed by atoms with E-state index in [-0.39, 0.29) is 11.4 Å². The van der Waals surface area contributed by atoms with Crippen LogP contribution in [0.2, 0.25) is 0 Å². The summed E-state index contributed by atoms with van der Waals surface area (Å²) in [4.78, 5) is 9.54. The first-order chi connectivity index (χ1) is 6.06. The molecular weight excluding hydrogens is 179 g/mol. The van der Waals surface area contributed by atoms with Gasteiger partial charge in [-0.25, -0.2) is 4.39 Å². The van der Waals surface area contributed by atoms with Crippen LogP contribution in [-0.4, -0.2) is 12.0 Å². The molecule has 0 spiro atoms. The van der Waals surface area contributed by atoms with Gasteiger partial charge in [0.1, 0.15) is 5.69 Å². The molecule has 0 radical (unpaired) electrons. The van der Waals surface area contributed by atoms with E-state index in [0.29, 0.717) is 0 Å². The fourth-order valence-corrected chi connectivity index (χ4v) is 0.873. The van der Waals surface area contributed by atoms with Crippen molar-refractivity contribution >= 4 is 11.4 Å². The van der Waals surface area contributed by atoms with Crippen LogP contribution in [0, 0.1) is 15.9 Å². The number of methoxy groups -OCH3 is 1. The van der Waals surface area contributed by atoms with Crippen LogP contribution in [0.5, 0.6) is 5.75 Å². The van der Waals surface area contributed by atoms with Crippen LogP contribution in [0.3, 0.4) is 0 Å². The number of ether oxygens (including phenoxy) is 1. The summed E-state index contributed by atoms with van der Waals surface area (Å²) in [6, 6.07) is 1.81. The summed E-state index contributed by atoms with van der Waals surface area (Å²) in [6.07, 6.45) is 0. The lowest BCUT2D eigenvalue weighted by Crippen LogP contribution is -1.98. The van der Waals surface area contributed by atoms with Crippen molar-refractivity contribution in [1.82, 2.24) is 0 Å². The van der Waals surface area contributed by atoms with Crippen LogP contribution in [0.1, 0.15) is 0 Å². The first-order valence-electron chi connectivity index (χ1n) is 3.33. The van der Waals surface area contributed by atoms with Gasteiger partial charge in [-0.3, -0.25) is 10.1 Å². The van der Waals surface area contributed by atoms with Gasteiger partial charge >= 0.3 is 0 Å². The quantitative estimate of drug-likeness (QED) is 0.429. The van der Waals surface area contributed by atoms with Crippen molar-refractivity contribution in [3.8, 4) is 5.75 Å². The Balaban J connectivity index is 3.28. The molecular formula is C7H7FN2O3. The highest BCUT2D eigenvalue weighted by Gasteiger charge is 2.16. The minimum Gasteiger partial charge on any atom is -0.494 e. The number of rotatable bonds is 2. The summed E-state index contributed by atoms with van der Waals surface area (Å²) >= 11 is 0. The highest BCUT2D eigenvalue weighted by atomic mass is 19.1. The molecule has 2 N–H and O–H groups in total. The van der Waals surface area contributed by atoms with Crippen LogP contribution in [0.15, 0.2) is 12.1 Å². The maximum atomic E-state index is 12.9. The summed E-state index contributed by atoms with van der Waals surface area (Å²) in [5.74, 6) is -0.911. The van der Waals surface area contributed by atoms with E-state index in [1.165, 1.54) is 7.11 Å². The molecule has 0 aromatic heterocycles. The number of hydrogen-bond acceptors (Lipinski definition) is 4. The summed E-state index contributed by atoms with van der Waals surface area (Å²) in [6.45, 7) is 0. The molecule has 1 rings (SSSR count). The fourth-order valence-electron chi connectivity index (χ4n) is 0.873. The van der Waals surface area contributed by atoms with Crippen molar-refractivity contribution < 1.29 is 14.1 Å². The molecule has 0 bridgehead atoms. The summed E-state index contributed by atoms with van der Waals surface area (Å²) in [7, 11) is 1.25. The SMILES string of the molecule is COc1cc(N)c([N+](=O)[O-])cc1F. The van der Waals surface area contributed by atoms with Gasteiger partial charge in [-0.05, 0) is 0 Å². The van der Waals surface area contributed by atoms with E-state index in [4.69, 9.17) is 5.73 Å². The first-order valence-corrected chi connectivity index (χ1v) is 3.33. The predicted molar refractivity (Wildman–Crippen MR) is 44.0 cm³/mol. The molecule has 13 heavy (non-hydrogen) atoms. The van der Waals surface area contributed by atoms with Crippen molar-refractivity contribution in [2.45, 2.75) is 0 Å². The van der Waals surface area contributed by atoms with Crippen LogP contribution in [0.4, 0.5) is 15.8 Å². The average Bonchev–Trinajstić information content (AvgIpc) is 2.07. The van der Waals surface area contributed by atoms with E-state index >= 15 is 0 Å². The summed E-state index contributed by atoms with van der Waals surface area (Å²) in [5.41, 5.74) is 4.70. The smallest absolute Gasteiger partial charge is 0.295 e. The van der Waals surface area contributed by atoms with Gasteiger partial charge in [-0.2, -0.15) is 0 Å². The van der Waals surface area contributed by atoms with Gasteiger partial charge < -0.3 is 10.5 Å². The molecule has 70 valence electrons. The molecule has 1 aromatic carbocycles. The van der Waals surface area contributed by atoms with Crippen LogP contribution >= 0.6 is 0 Å². The van der Waals surface area contributed by atoms with E-state index in [0.717, 1.165) is 12.1 Å². The monoisotopic (exact) mass is 186 g/mol.